The van der Waals surface area contributed by atoms with Crippen molar-refractivity contribution in [3.8, 4) is 28.2 Å². The zero-order chi connectivity index (χ0) is 28.5. The zero-order valence-corrected chi connectivity index (χ0v) is 23.8. The predicted octanol–water partition coefficient (Wildman–Crippen LogP) is 7.54. The van der Waals surface area contributed by atoms with E-state index in [0.717, 1.165) is 37.6 Å². The molecule has 200 valence electrons. The summed E-state index contributed by atoms with van der Waals surface area (Å²) in [5, 5.41) is 2.38. The van der Waals surface area contributed by atoms with Crippen molar-refractivity contribution in [3.05, 3.63) is 137 Å². The minimum Gasteiger partial charge on any atom is -0.309 e. The van der Waals surface area contributed by atoms with Crippen LogP contribution < -0.4 is 10.2 Å². The fourth-order valence-electron chi connectivity index (χ4n) is 4.88. The summed E-state index contributed by atoms with van der Waals surface area (Å²) in [4.78, 5) is 27.9. The Bertz CT molecular complexity index is 1830. The van der Waals surface area contributed by atoms with Crippen molar-refractivity contribution in [3.63, 3.8) is 0 Å². The first-order valence-electron chi connectivity index (χ1n) is 12.7. The Hall–Kier alpha value is -4.66. The molecule has 2 heterocycles. The molecule has 0 spiro atoms. The molecule has 1 aromatic heterocycles. The standard InChI is InChI=1S/C33H21BrFN3O2S/c34-24-15-17-25(18-16-24)37-29(21-9-3-1-4-10-21)20-23(30(37)22-11-5-2-6-12-22)19-26-31(39)36-33(41)38(32(26)40)28-14-8-7-13-27(28)35/h1-20H,(H,36,39,41)/b26-19-. The predicted molar refractivity (Wildman–Crippen MR) is 167 cm³/mol. The van der Waals surface area contributed by atoms with E-state index >= 15 is 0 Å². The lowest BCUT2D eigenvalue weighted by Gasteiger charge is -2.29. The highest BCUT2D eigenvalue weighted by Crippen LogP contribution is 2.38. The molecule has 6 rings (SSSR count). The van der Waals surface area contributed by atoms with Gasteiger partial charge in [0.05, 0.1) is 17.1 Å². The molecule has 0 atom stereocenters. The fourth-order valence-corrected chi connectivity index (χ4v) is 5.41. The number of aromatic nitrogens is 1. The number of rotatable bonds is 5. The van der Waals surface area contributed by atoms with Crippen LogP contribution in [0.4, 0.5) is 10.1 Å². The summed E-state index contributed by atoms with van der Waals surface area (Å²) in [6, 6.07) is 35.3. The monoisotopic (exact) mass is 621 g/mol. The third-order valence-corrected chi connectivity index (χ3v) is 7.54. The summed E-state index contributed by atoms with van der Waals surface area (Å²) in [6.07, 6.45) is 1.55. The lowest BCUT2D eigenvalue weighted by Crippen LogP contribution is -2.54. The van der Waals surface area contributed by atoms with E-state index < -0.39 is 17.6 Å². The van der Waals surface area contributed by atoms with Crippen molar-refractivity contribution in [2.45, 2.75) is 0 Å². The van der Waals surface area contributed by atoms with E-state index in [1.165, 1.54) is 18.2 Å². The fraction of sp³-hybridized carbons (Fsp3) is 0. The Morgan fingerprint density at radius 3 is 2.05 bits per heavy atom. The number of amides is 2. The SMILES string of the molecule is O=C1NC(=S)N(c2ccccc2F)C(=O)/C1=C\c1cc(-c2ccccc2)n(-c2ccc(Br)cc2)c1-c1ccccc1. The van der Waals surface area contributed by atoms with E-state index in [1.807, 2.05) is 91.0 Å². The smallest absolute Gasteiger partial charge is 0.270 e. The van der Waals surface area contributed by atoms with E-state index in [4.69, 9.17) is 12.2 Å². The number of anilines is 1. The summed E-state index contributed by atoms with van der Waals surface area (Å²) >= 11 is 8.80. The average Bonchev–Trinajstić information content (AvgIpc) is 3.36. The third kappa shape index (κ3) is 5.03. The highest BCUT2D eigenvalue weighted by Gasteiger charge is 2.36. The third-order valence-electron chi connectivity index (χ3n) is 6.73. The second-order valence-electron chi connectivity index (χ2n) is 9.29. The van der Waals surface area contributed by atoms with E-state index in [-0.39, 0.29) is 16.4 Å². The summed E-state index contributed by atoms with van der Waals surface area (Å²) in [5.41, 5.74) is 4.82. The van der Waals surface area contributed by atoms with Crippen LogP contribution in [0.5, 0.6) is 0 Å². The number of nitrogens with zero attached hydrogens (tertiary/aromatic N) is 2. The first kappa shape index (κ1) is 26.6. The molecule has 1 N–H and O–H groups in total. The van der Waals surface area contributed by atoms with Crippen LogP contribution in [0.1, 0.15) is 5.56 Å². The van der Waals surface area contributed by atoms with Gasteiger partial charge in [0.1, 0.15) is 11.4 Å². The Labute approximate surface area is 249 Å². The van der Waals surface area contributed by atoms with Crippen molar-refractivity contribution in [2.75, 3.05) is 4.90 Å². The van der Waals surface area contributed by atoms with Gasteiger partial charge in [0.15, 0.2) is 5.11 Å². The maximum absolute atomic E-state index is 14.7. The van der Waals surface area contributed by atoms with E-state index in [0.29, 0.717) is 5.56 Å². The number of hydrogen-bond donors (Lipinski definition) is 1. The summed E-state index contributed by atoms with van der Waals surface area (Å²) in [7, 11) is 0. The number of nitrogens with one attached hydrogen (secondary N) is 1. The van der Waals surface area contributed by atoms with Crippen LogP contribution in [0, 0.1) is 5.82 Å². The number of carbonyl (C=O) groups is 2. The lowest BCUT2D eigenvalue weighted by molar-refractivity contribution is -0.122. The molecule has 0 radical (unpaired) electrons. The Morgan fingerprint density at radius 1 is 0.780 bits per heavy atom. The molecule has 0 unspecified atom stereocenters. The van der Waals surface area contributed by atoms with Gasteiger partial charge >= 0.3 is 0 Å². The first-order valence-corrected chi connectivity index (χ1v) is 13.9. The van der Waals surface area contributed by atoms with E-state index in [9.17, 15) is 14.0 Å². The van der Waals surface area contributed by atoms with Gasteiger partial charge < -0.3 is 4.57 Å². The molecule has 1 fully saturated rings. The maximum atomic E-state index is 14.7. The Morgan fingerprint density at radius 2 is 1.39 bits per heavy atom. The molecule has 0 saturated carbocycles. The number of para-hydroxylation sites is 1. The van der Waals surface area contributed by atoms with Crippen molar-refractivity contribution >= 4 is 56.8 Å². The normalized spacial score (nSPS) is 14.4. The van der Waals surface area contributed by atoms with Gasteiger partial charge in [-0.3, -0.25) is 14.9 Å². The molecule has 4 aromatic carbocycles. The van der Waals surface area contributed by atoms with Gasteiger partial charge in [-0.25, -0.2) is 9.29 Å². The summed E-state index contributed by atoms with van der Waals surface area (Å²) in [6.45, 7) is 0. The van der Waals surface area contributed by atoms with Gasteiger partial charge in [-0.15, -0.1) is 0 Å². The van der Waals surface area contributed by atoms with Gasteiger partial charge in [0, 0.05) is 15.7 Å². The van der Waals surface area contributed by atoms with Crippen molar-refractivity contribution in [2.24, 2.45) is 0 Å². The summed E-state index contributed by atoms with van der Waals surface area (Å²) < 4.78 is 17.8. The molecule has 5 aromatic rings. The summed E-state index contributed by atoms with van der Waals surface area (Å²) in [5.74, 6) is -1.99. The molecule has 1 aliphatic heterocycles. The second-order valence-corrected chi connectivity index (χ2v) is 10.6. The molecule has 1 saturated heterocycles. The highest BCUT2D eigenvalue weighted by atomic mass is 79.9. The first-order chi connectivity index (χ1) is 19.9. The topological polar surface area (TPSA) is 54.3 Å². The van der Waals surface area contributed by atoms with Crippen LogP contribution >= 0.6 is 28.1 Å². The Kier molecular flexibility index (Phi) is 7.17. The molecule has 5 nitrogen and oxygen atoms in total. The molecule has 1 aliphatic rings. The van der Waals surface area contributed by atoms with Gasteiger partial charge in [0.2, 0.25) is 0 Å². The number of hydrogen-bond acceptors (Lipinski definition) is 3. The number of benzene rings is 4. The van der Waals surface area contributed by atoms with Crippen LogP contribution in [-0.2, 0) is 9.59 Å². The molecular weight excluding hydrogens is 601 g/mol. The van der Waals surface area contributed by atoms with E-state index in [2.05, 4.69) is 25.8 Å². The lowest BCUT2D eigenvalue weighted by atomic mass is 10.0. The number of carbonyl (C=O) groups excluding carboxylic acids is 2. The minimum absolute atomic E-state index is 0.0332. The van der Waals surface area contributed by atoms with Crippen LogP contribution in [0.2, 0.25) is 0 Å². The van der Waals surface area contributed by atoms with Crippen molar-refractivity contribution in [1.82, 2.24) is 9.88 Å². The van der Waals surface area contributed by atoms with Gasteiger partial charge in [-0.2, -0.15) is 0 Å². The molecular formula is C33H21BrFN3O2S. The van der Waals surface area contributed by atoms with Gasteiger partial charge in [-0.1, -0.05) is 88.7 Å². The average molecular weight is 623 g/mol. The minimum atomic E-state index is -0.708. The molecule has 8 heteroatoms. The Balaban J connectivity index is 1.61. The highest BCUT2D eigenvalue weighted by molar-refractivity contribution is 9.10. The molecule has 41 heavy (non-hydrogen) atoms. The zero-order valence-electron chi connectivity index (χ0n) is 21.4. The maximum Gasteiger partial charge on any atom is 0.270 e. The molecule has 0 bridgehead atoms. The number of thiocarbonyl (C=S) groups is 1. The largest absolute Gasteiger partial charge is 0.309 e. The van der Waals surface area contributed by atoms with Crippen LogP contribution in [0.25, 0.3) is 34.3 Å². The molecule has 0 aliphatic carbocycles. The van der Waals surface area contributed by atoms with Crippen molar-refractivity contribution < 1.29 is 14.0 Å². The van der Waals surface area contributed by atoms with Crippen LogP contribution in [0.15, 0.2) is 125 Å². The number of halogens is 2. The second kappa shape index (κ2) is 11.1. The van der Waals surface area contributed by atoms with E-state index in [1.54, 1.807) is 12.1 Å². The molecule has 2 amide bonds. The van der Waals surface area contributed by atoms with Gasteiger partial charge in [-0.05, 0) is 71.9 Å². The van der Waals surface area contributed by atoms with Crippen LogP contribution in [-0.4, -0.2) is 21.5 Å². The van der Waals surface area contributed by atoms with Gasteiger partial charge in [0.25, 0.3) is 11.8 Å². The quantitative estimate of drug-likeness (QED) is 0.125. The van der Waals surface area contributed by atoms with Crippen LogP contribution in [0.3, 0.4) is 0 Å². The van der Waals surface area contributed by atoms with Crippen molar-refractivity contribution in [1.29, 1.82) is 0 Å².